The maximum Gasteiger partial charge on any atom is 0.230 e. The number of rotatable bonds is 8. The van der Waals surface area contributed by atoms with Crippen LogP contribution >= 0.6 is 34.9 Å². The van der Waals surface area contributed by atoms with Crippen LogP contribution in [0, 0.1) is 17.2 Å². The van der Waals surface area contributed by atoms with Gasteiger partial charge in [0.05, 0.1) is 17.7 Å². The highest BCUT2D eigenvalue weighted by Crippen LogP contribution is 2.29. The van der Waals surface area contributed by atoms with Crippen LogP contribution in [0.2, 0.25) is 0 Å². The Kier molecular flexibility index (Phi) is 7.86. The van der Waals surface area contributed by atoms with Crippen molar-refractivity contribution < 1.29 is 4.79 Å². The van der Waals surface area contributed by atoms with Crippen molar-refractivity contribution in [2.45, 2.75) is 28.9 Å². The summed E-state index contributed by atoms with van der Waals surface area (Å²) in [6.07, 6.45) is 0.938. The lowest BCUT2D eigenvalue weighted by molar-refractivity contribution is -0.118. The van der Waals surface area contributed by atoms with Crippen LogP contribution in [0.4, 0.5) is 0 Å². The molecule has 0 bridgehead atoms. The Morgan fingerprint density at radius 1 is 1.47 bits per heavy atom. The number of carbonyl (C=O) groups is 1. The second-order valence-electron chi connectivity index (χ2n) is 3.81. The number of nitrogens with one attached hydrogen (secondary N) is 1. The van der Waals surface area contributed by atoms with Gasteiger partial charge < -0.3 is 5.32 Å². The standard InChI is InChI=1S/C11H16N4OS3/c1-3-4-13-9(16)7-18-11-15-14-10(19-11)17-6-8(2)5-12/h8H,3-4,6-7H2,1-2H3,(H,13,16)/t8-/m1/s1. The molecular weight excluding hydrogens is 300 g/mol. The maximum atomic E-state index is 11.4. The van der Waals surface area contributed by atoms with Crippen molar-refractivity contribution >= 4 is 40.8 Å². The highest BCUT2D eigenvalue weighted by Gasteiger charge is 2.09. The minimum Gasteiger partial charge on any atom is -0.355 e. The summed E-state index contributed by atoms with van der Waals surface area (Å²) in [5, 5.41) is 19.6. The molecule has 0 spiro atoms. The summed E-state index contributed by atoms with van der Waals surface area (Å²) in [6.45, 7) is 4.61. The molecule has 0 unspecified atom stereocenters. The SMILES string of the molecule is CCCNC(=O)CSc1nnc(SC[C@H](C)C#N)s1. The summed E-state index contributed by atoms with van der Waals surface area (Å²) >= 11 is 4.39. The summed E-state index contributed by atoms with van der Waals surface area (Å²) in [5.74, 6) is 1.11. The summed E-state index contributed by atoms with van der Waals surface area (Å²) < 4.78 is 1.64. The van der Waals surface area contributed by atoms with Gasteiger partial charge in [0.1, 0.15) is 0 Å². The molecule has 0 fully saturated rings. The predicted molar refractivity (Wildman–Crippen MR) is 79.4 cm³/mol. The van der Waals surface area contributed by atoms with E-state index >= 15 is 0 Å². The molecule has 0 radical (unpaired) electrons. The maximum absolute atomic E-state index is 11.4. The molecule has 1 atom stereocenters. The normalized spacial score (nSPS) is 11.8. The molecule has 0 aromatic carbocycles. The molecule has 1 amide bonds. The molecule has 8 heteroatoms. The van der Waals surface area contributed by atoms with Crippen LogP contribution in [-0.4, -0.2) is 34.2 Å². The molecule has 0 saturated heterocycles. The lowest BCUT2D eigenvalue weighted by Crippen LogP contribution is -2.25. The number of hydrogen-bond acceptors (Lipinski definition) is 7. The number of thioether (sulfide) groups is 2. The van der Waals surface area contributed by atoms with Gasteiger partial charge in [0.15, 0.2) is 8.68 Å². The molecular formula is C11H16N4OS3. The average molecular weight is 316 g/mol. The predicted octanol–water partition coefficient (Wildman–Crippen LogP) is 2.41. The fourth-order valence-electron chi connectivity index (χ4n) is 0.990. The summed E-state index contributed by atoms with van der Waals surface area (Å²) in [4.78, 5) is 11.4. The minimum absolute atomic E-state index is 0.00447. The number of nitrogens with zero attached hydrogens (tertiary/aromatic N) is 3. The quantitative estimate of drug-likeness (QED) is 0.742. The van der Waals surface area contributed by atoms with Crippen molar-refractivity contribution in [1.82, 2.24) is 15.5 Å². The Bertz CT molecular complexity index is 443. The van der Waals surface area contributed by atoms with Gasteiger partial charge >= 0.3 is 0 Å². The van der Waals surface area contributed by atoms with Crippen LogP contribution in [0.25, 0.3) is 0 Å². The van der Waals surface area contributed by atoms with E-state index in [-0.39, 0.29) is 11.8 Å². The third kappa shape index (κ3) is 6.80. The first-order valence-electron chi connectivity index (χ1n) is 5.91. The minimum atomic E-state index is 0.00447. The van der Waals surface area contributed by atoms with E-state index in [0.29, 0.717) is 18.1 Å². The van der Waals surface area contributed by atoms with E-state index in [1.807, 2.05) is 13.8 Å². The number of hydrogen-bond donors (Lipinski definition) is 1. The molecule has 5 nitrogen and oxygen atoms in total. The number of amides is 1. The lowest BCUT2D eigenvalue weighted by Gasteiger charge is -2.00. The van der Waals surface area contributed by atoms with Crippen LogP contribution in [0.15, 0.2) is 8.68 Å². The molecule has 104 valence electrons. The molecule has 1 N–H and O–H groups in total. The van der Waals surface area contributed by atoms with E-state index in [4.69, 9.17) is 5.26 Å². The van der Waals surface area contributed by atoms with Crippen molar-refractivity contribution in [2.24, 2.45) is 5.92 Å². The van der Waals surface area contributed by atoms with Gasteiger partial charge in [-0.15, -0.1) is 10.2 Å². The second-order valence-corrected chi connectivity index (χ2v) is 7.28. The van der Waals surface area contributed by atoms with E-state index in [1.54, 1.807) is 0 Å². The van der Waals surface area contributed by atoms with Gasteiger partial charge in [0.25, 0.3) is 0 Å². The third-order valence-corrected chi connectivity index (χ3v) is 5.41. The van der Waals surface area contributed by atoms with Crippen molar-refractivity contribution in [3.05, 3.63) is 0 Å². The van der Waals surface area contributed by atoms with Crippen LogP contribution in [0.3, 0.4) is 0 Å². The van der Waals surface area contributed by atoms with E-state index in [0.717, 1.165) is 15.1 Å². The molecule has 1 heterocycles. The topological polar surface area (TPSA) is 78.7 Å². The van der Waals surface area contributed by atoms with Crippen molar-refractivity contribution in [3.63, 3.8) is 0 Å². The lowest BCUT2D eigenvalue weighted by atomic mass is 10.3. The van der Waals surface area contributed by atoms with Gasteiger partial charge in [0, 0.05) is 12.3 Å². The summed E-state index contributed by atoms with van der Waals surface area (Å²) in [7, 11) is 0. The molecule has 0 aliphatic carbocycles. The van der Waals surface area contributed by atoms with Crippen LogP contribution in [-0.2, 0) is 4.79 Å². The van der Waals surface area contributed by atoms with Crippen LogP contribution in [0.1, 0.15) is 20.3 Å². The monoisotopic (exact) mass is 316 g/mol. The zero-order valence-corrected chi connectivity index (χ0v) is 13.3. The Hall–Kier alpha value is -0.780. The summed E-state index contributed by atoms with van der Waals surface area (Å²) in [5.41, 5.74) is 0. The molecule has 0 aliphatic heterocycles. The smallest absolute Gasteiger partial charge is 0.230 e. The second kappa shape index (κ2) is 9.18. The van der Waals surface area contributed by atoms with Crippen molar-refractivity contribution in [1.29, 1.82) is 5.26 Å². The van der Waals surface area contributed by atoms with E-state index in [1.165, 1.54) is 34.9 Å². The zero-order chi connectivity index (χ0) is 14.1. The van der Waals surface area contributed by atoms with E-state index in [9.17, 15) is 4.79 Å². The van der Waals surface area contributed by atoms with Crippen LogP contribution < -0.4 is 5.32 Å². The van der Waals surface area contributed by atoms with E-state index < -0.39 is 0 Å². The Morgan fingerprint density at radius 2 is 2.16 bits per heavy atom. The molecule has 0 saturated carbocycles. The highest BCUT2D eigenvalue weighted by molar-refractivity contribution is 8.03. The molecule has 1 rings (SSSR count). The van der Waals surface area contributed by atoms with Crippen LogP contribution in [0.5, 0.6) is 0 Å². The van der Waals surface area contributed by atoms with Crippen molar-refractivity contribution in [2.75, 3.05) is 18.1 Å². The number of aromatic nitrogens is 2. The van der Waals surface area contributed by atoms with Gasteiger partial charge in [-0.1, -0.05) is 41.8 Å². The Morgan fingerprint density at radius 3 is 2.79 bits per heavy atom. The van der Waals surface area contributed by atoms with Gasteiger partial charge in [0.2, 0.25) is 5.91 Å². The summed E-state index contributed by atoms with van der Waals surface area (Å²) in [6, 6.07) is 2.18. The molecule has 1 aromatic rings. The Labute approximate surface area is 125 Å². The highest BCUT2D eigenvalue weighted by atomic mass is 32.2. The first kappa shape index (κ1) is 16.3. The van der Waals surface area contributed by atoms with Gasteiger partial charge in [-0.05, 0) is 13.3 Å². The molecule has 19 heavy (non-hydrogen) atoms. The fourth-order valence-corrected chi connectivity index (χ4v) is 3.81. The van der Waals surface area contributed by atoms with Gasteiger partial charge in [-0.2, -0.15) is 5.26 Å². The number of nitriles is 1. The Balaban J connectivity index is 2.30. The molecule has 0 aliphatic rings. The van der Waals surface area contributed by atoms with Gasteiger partial charge in [-0.3, -0.25) is 4.79 Å². The zero-order valence-electron chi connectivity index (χ0n) is 10.9. The average Bonchev–Trinajstić information content (AvgIpc) is 2.88. The third-order valence-electron chi connectivity index (χ3n) is 1.96. The largest absolute Gasteiger partial charge is 0.355 e. The number of carbonyl (C=O) groups excluding carboxylic acids is 1. The fraction of sp³-hybridized carbons (Fsp3) is 0.636. The first-order chi connectivity index (χ1) is 9.15. The first-order valence-corrected chi connectivity index (χ1v) is 8.69. The van der Waals surface area contributed by atoms with Crippen molar-refractivity contribution in [3.8, 4) is 6.07 Å². The molecule has 1 aromatic heterocycles. The van der Waals surface area contributed by atoms with Gasteiger partial charge in [-0.25, -0.2) is 0 Å². The van der Waals surface area contributed by atoms with E-state index in [2.05, 4.69) is 21.6 Å².